The monoisotopic (exact) mass is 759 g/mol. The predicted octanol–water partition coefficient (Wildman–Crippen LogP) is 10.3. The number of hydrogen-bond acceptors (Lipinski definition) is 14. The highest BCUT2D eigenvalue weighted by molar-refractivity contribution is 7.86. The Labute approximate surface area is 312 Å². The summed E-state index contributed by atoms with van der Waals surface area (Å²) in [5, 5.41) is 68.2. The highest BCUT2D eigenvalue weighted by Crippen LogP contribution is 2.40. The minimum atomic E-state index is -4.72. The summed E-state index contributed by atoms with van der Waals surface area (Å²) in [5.74, 6) is 0.294. The lowest BCUT2D eigenvalue weighted by Crippen LogP contribution is -2.02. The average molecular weight is 760 g/mol. The first-order valence-corrected chi connectivity index (χ1v) is 17.5. The molecular formula is C38H29N7O9S. The van der Waals surface area contributed by atoms with Crippen LogP contribution in [0.25, 0.3) is 22.9 Å². The van der Waals surface area contributed by atoms with Crippen LogP contribution in [0.3, 0.4) is 0 Å². The zero-order chi connectivity index (χ0) is 39.1. The lowest BCUT2D eigenvalue weighted by Gasteiger charge is -2.09. The van der Waals surface area contributed by atoms with Crippen LogP contribution in [0.1, 0.15) is 16.7 Å². The largest absolute Gasteiger partial charge is 0.508 e. The van der Waals surface area contributed by atoms with Crippen molar-refractivity contribution in [1.29, 1.82) is 0 Å². The van der Waals surface area contributed by atoms with Gasteiger partial charge >= 0.3 is 0 Å². The highest BCUT2D eigenvalue weighted by atomic mass is 32.2. The van der Waals surface area contributed by atoms with Gasteiger partial charge in [-0.2, -0.15) is 28.9 Å². The molecule has 0 fully saturated rings. The number of nitro benzene ring substituents is 1. The van der Waals surface area contributed by atoms with Gasteiger partial charge in [0, 0.05) is 29.1 Å². The van der Waals surface area contributed by atoms with E-state index in [9.17, 15) is 38.4 Å². The number of aliphatic hydroxyl groups excluding tert-OH is 1. The second kappa shape index (κ2) is 16.2. The number of aliphatic hydroxyl groups is 1. The summed E-state index contributed by atoms with van der Waals surface area (Å²) in [6.07, 6.45) is 2.96. The number of hydrogen-bond donors (Lipinski definition) is 4. The van der Waals surface area contributed by atoms with E-state index in [1.54, 1.807) is 72.8 Å². The van der Waals surface area contributed by atoms with Crippen molar-refractivity contribution in [1.82, 2.24) is 0 Å². The molecule has 4 N–H and O–H groups in total. The van der Waals surface area contributed by atoms with Gasteiger partial charge in [-0.1, -0.05) is 30.4 Å². The van der Waals surface area contributed by atoms with E-state index in [-0.39, 0.29) is 34.2 Å². The van der Waals surface area contributed by atoms with E-state index in [1.807, 2.05) is 0 Å². The maximum atomic E-state index is 11.8. The van der Waals surface area contributed by atoms with E-state index >= 15 is 0 Å². The summed E-state index contributed by atoms with van der Waals surface area (Å²) in [4.78, 5) is 9.70. The van der Waals surface area contributed by atoms with Crippen LogP contribution in [0.2, 0.25) is 0 Å². The first-order valence-electron chi connectivity index (χ1n) is 16.1. The van der Waals surface area contributed by atoms with Gasteiger partial charge in [-0.05, 0) is 89.3 Å². The Kier molecular flexibility index (Phi) is 11.1. The van der Waals surface area contributed by atoms with Gasteiger partial charge < -0.3 is 20.1 Å². The summed E-state index contributed by atoms with van der Waals surface area (Å²) < 4.78 is 38.7. The number of fused-ring (bicyclic) bond motifs is 1. The molecule has 0 radical (unpaired) electrons. The number of nitro groups is 1. The number of azo groups is 3. The molecule has 0 aliphatic heterocycles. The number of phenols is 2. The molecule has 0 aliphatic carbocycles. The van der Waals surface area contributed by atoms with Gasteiger partial charge in [-0.3, -0.25) is 14.7 Å². The fraction of sp³-hybridized carbons (Fsp3) is 0.0526. The third kappa shape index (κ3) is 9.06. The van der Waals surface area contributed by atoms with Crippen molar-refractivity contribution < 1.29 is 38.0 Å². The molecule has 0 heterocycles. The molecular weight excluding hydrogens is 731 g/mol. The van der Waals surface area contributed by atoms with Gasteiger partial charge in [0.15, 0.2) is 5.75 Å². The molecule has 6 aromatic carbocycles. The van der Waals surface area contributed by atoms with Gasteiger partial charge in [0.05, 0.1) is 41.4 Å². The van der Waals surface area contributed by atoms with Crippen LogP contribution < -0.4 is 4.74 Å². The maximum absolute atomic E-state index is 11.8. The van der Waals surface area contributed by atoms with Crippen molar-refractivity contribution >= 4 is 72.9 Å². The summed E-state index contributed by atoms with van der Waals surface area (Å²) in [6, 6.07) is 27.6. The molecule has 0 saturated carbocycles. The number of phenolic OH excluding ortho intramolecular Hbond substituents is 2. The molecule has 55 heavy (non-hydrogen) atoms. The van der Waals surface area contributed by atoms with Gasteiger partial charge in [-0.25, -0.2) is 0 Å². The van der Waals surface area contributed by atoms with Crippen molar-refractivity contribution in [3.8, 4) is 17.2 Å². The zero-order valence-corrected chi connectivity index (χ0v) is 29.4. The summed E-state index contributed by atoms with van der Waals surface area (Å²) in [5.41, 5.74) is 2.88. The Bertz CT molecular complexity index is 2650. The number of methoxy groups -OCH3 is 1. The minimum Gasteiger partial charge on any atom is -0.508 e. The van der Waals surface area contributed by atoms with Crippen LogP contribution in [0.5, 0.6) is 17.2 Å². The Balaban J connectivity index is 1.17. The molecule has 6 aromatic rings. The number of nitrogens with zero attached hydrogens (tertiary/aromatic N) is 7. The molecule has 0 aromatic heterocycles. The van der Waals surface area contributed by atoms with Crippen molar-refractivity contribution in [3.63, 3.8) is 0 Å². The number of benzene rings is 6. The lowest BCUT2D eigenvalue weighted by atomic mass is 10.1. The molecule has 276 valence electrons. The first-order chi connectivity index (χ1) is 26.4. The molecule has 0 atom stereocenters. The molecule has 0 unspecified atom stereocenters. The topological polar surface area (TPSA) is 242 Å². The standard InChI is InChI=1S/C38H29N7O9S/c1-54-36-21-34(43-40-27-8-3-23(4-9-27)2-5-24-6-13-30(45(49)50)20-37(24)55(51,52)53)26(22-46)19-35(36)44-42-33-17-7-25-18-29(12-16-32(25)38(33)48)41-39-28-10-14-31(47)15-11-28/h2-21,46-48H,22H2,1H3,(H,51,52,53). The first kappa shape index (κ1) is 37.5. The Morgan fingerprint density at radius 3 is 2.02 bits per heavy atom. The predicted molar refractivity (Wildman–Crippen MR) is 203 cm³/mol. The quantitative estimate of drug-likeness (QED) is 0.0304. The van der Waals surface area contributed by atoms with E-state index in [2.05, 4.69) is 30.7 Å². The highest BCUT2D eigenvalue weighted by Gasteiger charge is 2.19. The second-order valence-corrected chi connectivity index (χ2v) is 13.0. The molecule has 0 bridgehead atoms. The summed E-state index contributed by atoms with van der Waals surface area (Å²) in [7, 11) is -3.29. The number of rotatable bonds is 12. The molecule has 0 saturated heterocycles. The van der Waals surface area contributed by atoms with E-state index in [4.69, 9.17) is 4.74 Å². The van der Waals surface area contributed by atoms with E-state index in [0.717, 1.165) is 12.1 Å². The molecule has 0 aliphatic rings. The van der Waals surface area contributed by atoms with Gasteiger partial charge in [0.2, 0.25) is 0 Å². The molecule has 16 nitrogen and oxygen atoms in total. The number of aromatic hydroxyl groups is 2. The van der Waals surface area contributed by atoms with Crippen LogP contribution in [-0.4, -0.2) is 40.3 Å². The van der Waals surface area contributed by atoms with Crippen molar-refractivity contribution in [2.45, 2.75) is 11.5 Å². The smallest absolute Gasteiger partial charge is 0.295 e. The van der Waals surface area contributed by atoms with Crippen LogP contribution in [0.15, 0.2) is 145 Å². The van der Waals surface area contributed by atoms with Gasteiger partial charge in [0.25, 0.3) is 15.8 Å². The van der Waals surface area contributed by atoms with Crippen molar-refractivity contribution in [2.75, 3.05) is 7.11 Å². The van der Waals surface area contributed by atoms with E-state index in [1.165, 1.54) is 43.5 Å². The molecule has 0 spiro atoms. The lowest BCUT2D eigenvalue weighted by molar-refractivity contribution is -0.385. The molecule has 0 amide bonds. The zero-order valence-electron chi connectivity index (χ0n) is 28.6. The SMILES string of the molecule is COc1cc(N=Nc2ccc(C=Cc3ccc([N+](=O)[O-])cc3S(=O)(=O)O)cc2)c(CO)cc1N=Nc1ccc2cc(N=Nc3ccc(O)cc3)ccc2c1O. The summed E-state index contributed by atoms with van der Waals surface area (Å²) in [6.45, 7) is -0.410. The summed E-state index contributed by atoms with van der Waals surface area (Å²) >= 11 is 0. The number of non-ortho nitro benzene ring substituents is 1. The van der Waals surface area contributed by atoms with Crippen LogP contribution >= 0.6 is 0 Å². The third-order valence-corrected chi connectivity index (χ3v) is 8.92. The van der Waals surface area contributed by atoms with Crippen LogP contribution in [0, 0.1) is 10.1 Å². The third-order valence-electron chi connectivity index (χ3n) is 8.01. The average Bonchev–Trinajstić information content (AvgIpc) is 3.18. The Morgan fingerprint density at radius 1 is 0.709 bits per heavy atom. The fourth-order valence-corrected chi connectivity index (χ4v) is 5.89. The van der Waals surface area contributed by atoms with Crippen LogP contribution in [-0.2, 0) is 16.7 Å². The Morgan fingerprint density at radius 2 is 1.35 bits per heavy atom. The van der Waals surface area contributed by atoms with Gasteiger partial charge in [0.1, 0.15) is 27.8 Å². The van der Waals surface area contributed by atoms with E-state index in [0.29, 0.717) is 44.6 Å². The van der Waals surface area contributed by atoms with E-state index < -0.39 is 32.2 Å². The number of ether oxygens (including phenoxy) is 1. The van der Waals surface area contributed by atoms with Crippen molar-refractivity contribution in [2.24, 2.45) is 30.7 Å². The maximum Gasteiger partial charge on any atom is 0.295 e. The Hall–Kier alpha value is -7.21. The van der Waals surface area contributed by atoms with Gasteiger partial charge in [-0.15, -0.1) is 10.2 Å². The minimum absolute atomic E-state index is 0.0568. The molecule has 6 rings (SSSR count). The second-order valence-electron chi connectivity index (χ2n) is 11.6. The fourth-order valence-electron chi connectivity index (χ4n) is 5.18. The van der Waals surface area contributed by atoms with Crippen molar-refractivity contribution in [3.05, 3.63) is 136 Å². The normalized spacial score (nSPS) is 12.1. The molecule has 17 heteroatoms. The van der Waals surface area contributed by atoms with Crippen LogP contribution in [0.4, 0.5) is 39.8 Å².